The molecule has 0 aliphatic carbocycles. The second-order valence-corrected chi connectivity index (χ2v) is 9.08. The number of amides is 1. The molecule has 7 heteroatoms. The molecule has 1 amide bonds. The van der Waals surface area contributed by atoms with Crippen molar-refractivity contribution in [3.8, 4) is 0 Å². The summed E-state index contributed by atoms with van der Waals surface area (Å²) < 4.78 is 41.9. The van der Waals surface area contributed by atoms with E-state index in [2.05, 4.69) is 10.0 Å². The van der Waals surface area contributed by atoms with Crippen LogP contribution in [0.15, 0.2) is 53.4 Å². The first-order valence-electron chi connectivity index (χ1n) is 9.24. The number of hydrogen-bond donors (Lipinski definition) is 2. The van der Waals surface area contributed by atoms with Crippen molar-refractivity contribution in [3.05, 3.63) is 65.5 Å². The molecule has 0 saturated carbocycles. The predicted molar refractivity (Wildman–Crippen MR) is 108 cm³/mol. The second-order valence-electron chi connectivity index (χ2n) is 7.37. The largest absolute Gasteiger partial charge is 0.348 e. The molecule has 0 unspecified atom stereocenters. The molecule has 0 fully saturated rings. The number of sulfonamides is 1. The summed E-state index contributed by atoms with van der Waals surface area (Å²) in [6.45, 7) is 7.33. The van der Waals surface area contributed by atoms with Gasteiger partial charge < -0.3 is 5.32 Å². The van der Waals surface area contributed by atoms with Crippen molar-refractivity contribution in [1.29, 1.82) is 0 Å². The lowest BCUT2D eigenvalue weighted by atomic mass is 10.0. The number of aryl methyl sites for hydroxylation is 1. The van der Waals surface area contributed by atoms with E-state index in [1.807, 2.05) is 20.8 Å². The monoisotopic (exact) mass is 406 g/mol. The summed E-state index contributed by atoms with van der Waals surface area (Å²) in [6.07, 6.45) is 0.320. The molecule has 2 N–H and O–H groups in total. The van der Waals surface area contributed by atoms with E-state index in [1.54, 1.807) is 37.3 Å². The Kier molecular flexibility index (Phi) is 7.32. The van der Waals surface area contributed by atoms with Gasteiger partial charge in [-0.05, 0) is 44.4 Å². The second kappa shape index (κ2) is 9.30. The summed E-state index contributed by atoms with van der Waals surface area (Å²) >= 11 is 0. The van der Waals surface area contributed by atoms with Crippen molar-refractivity contribution >= 4 is 15.9 Å². The molecule has 5 nitrogen and oxygen atoms in total. The third kappa shape index (κ3) is 5.87. The normalized spacial score (nSPS) is 13.9. The van der Waals surface area contributed by atoms with Crippen molar-refractivity contribution in [2.45, 2.75) is 51.1 Å². The average Bonchev–Trinajstić information content (AvgIpc) is 2.61. The lowest BCUT2D eigenvalue weighted by Crippen LogP contribution is -2.47. The SMILES string of the molecule is Cc1ccc(S(=O)(=O)N[C@@H](CC(C)C)C(=O)N[C@@H](C)c2ccccc2F)cc1. The molecule has 2 aromatic rings. The summed E-state index contributed by atoms with van der Waals surface area (Å²) in [5.41, 5.74) is 1.29. The molecule has 0 aliphatic heterocycles. The summed E-state index contributed by atoms with van der Waals surface area (Å²) in [5, 5.41) is 2.72. The minimum atomic E-state index is -3.86. The van der Waals surface area contributed by atoms with Crippen LogP contribution in [-0.2, 0) is 14.8 Å². The van der Waals surface area contributed by atoms with Crippen LogP contribution in [0.3, 0.4) is 0 Å². The van der Waals surface area contributed by atoms with Crippen LogP contribution in [-0.4, -0.2) is 20.4 Å². The van der Waals surface area contributed by atoms with Gasteiger partial charge in [-0.2, -0.15) is 4.72 Å². The maximum Gasteiger partial charge on any atom is 0.241 e. The molecule has 0 radical (unpaired) electrons. The minimum Gasteiger partial charge on any atom is -0.348 e. The van der Waals surface area contributed by atoms with Gasteiger partial charge in [0, 0.05) is 5.56 Å². The minimum absolute atomic E-state index is 0.0836. The van der Waals surface area contributed by atoms with E-state index in [1.165, 1.54) is 18.2 Å². The Hall–Kier alpha value is -2.25. The number of nitrogens with one attached hydrogen (secondary N) is 2. The fourth-order valence-corrected chi connectivity index (χ4v) is 4.08. The first-order valence-corrected chi connectivity index (χ1v) is 10.7. The molecule has 0 bridgehead atoms. The third-order valence-corrected chi connectivity index (χ3v) is 5.87. The van der Waals surface area contributed by atoms with E-state index in [4.69, 9.17) is 0 Å². The molecule has 0 aliphatic rings. The highest BCUT2D eigenvalue weighted by Crippen LogP contribution is 2.18. The van der Waals surface area contributed by atoms with Gasteiger partial charge in [-0.25, -0.2) is 12.8 Å². The lowest BCUT2D eigenvalue weighted by Gasteiger charge is -2.23. The third-order valence-electron chi connectivity index (χ3n) is 4.38. The zero-order valence-corrected chi connectivity index (χ0v) is 17.4. The Morgan fingerprint density at radius 1 is 1.04 bits per heavy atom. The molecule has 2 atom stereocenters. The molecule has 2 aromatic carbocycles. The first kappa shape index (κ1) is 22.0. The highest BCUT2D eigenvalue weighted by Gasteiger charge is 2.28. The van der Waals surface area contributed by atoms with Crippen LogP contribution in [0.1, 0.15) is 44.4 Å². The Bertz CT molecular complexity index is 912. The molecule has 0 heterocycles. The Labute approximate surface area is 166 Å². The molecule has 2 rings (SSSR count). The van der Waals surface area contributed by atoms with E-state index in [0.29, 0.717) is 12.0 Å². The summed E-state index contributed by atoms with van der Waals surface area (Å²) in [6, 6.07) is 11.0. The standard InChI is InChI=1S/C21H27FN2O3S/c1-14(2)13-20(24-28(26,27)17-11-9-15(3)10-12-17)21(25)23-16(4)18-7-5-6-8-19(18)22/h5-12,14,16,20,24H,13H2,1-4H3,(H,23,25)/t16-,20-/m0/s1. The van der Waals surface area contributed by atoms with Crippen LogP contribution in [0.5, 0.6) is 0 Å². The first-order chi connectivity index (χ1) is 13.1. The maximum atomic E-state index is 14.0. The Morgan fingerprint density at radius 2 is 1.64 bits per heavy atom. The molecular weight excluding hydrogens is 379 g/mol. The van der Waals surface area contributed by atoms with Crippen LogP contribution >= 0.6 is 0 Å². The van der Waals surface area contributed by atoms with Gasteiger partial charge in [-0.1, -0.05) is 49.7 Å². The summed E-state index contributed by atoms with van der Waals surface area (Å²) in [7, 11) is -3.86. The highest BCUT2D eigenvalue weighted by atomic mass is 32.2. The summed E-state index contributed by atoms with van der Waals surface area (Å²) in [4.78, 5) is 12.9. The van der Waals surface area contributed by atoms with Crippen molar-refractivity contribution in [2.24, 2.45) is 5.92 Å². The molecule has 0 spiro atoms. The van der Waals surface area contributed by atoms with Gasteiger partial charge in [0.05, 0.1) is 10.9 Å². The van der Waals surface area contributed by atoms with E-state index in [9.17, 15) is 17.6 Å². The number of carbonyl (C=O) groups excluding carboxylic acids is 1. The quantitative estimate of drug-likeness (QED) is 0.702. The number of halogens is 1. The van der Waals surface area contributed by atoms with Crippen LogP contribution in [0.2, 0.25) is 0 Å². The van der Waals surface area contributed by atoms with E-state index in [0.717, 1.165) is 5.56 Å². The van der Waals surface area contributed by atoms with Crippen molar-refractivity contribution < 1.29 is 17.6 Å². The number of benzene rings is 2. The maximum absolute atomic E-state index is 14.0. The number of hydrogen-bond acceptors (Lipinski definition) is 3. The van der Waals surface area contributed by atoms with E-state index < -0.39 is 33.8 Å². The van der Waals surface area contributed by atoms with Crippen molar-refractivity contribution in [2.75, 3.05) is 0 Å². The molecule has 152 valence electrons. The van der Waals surface area contributed by atoms with E-state index in [-0.39, 0.29) is 10.8 Å². The van der Waals surface area contributed by atoms with Crippen LogP contribution < -0.4 is 10.0 Å². The van der Waals surface area contributed by atoms with Gasteiger partial charge in [-0.15, -0.1) is 0 Å². The topological polar surface area (TPSA) is 75.3 Å². The number of carbonyl (C=O) groups is 1. The van der Waals surface area contributed by atoms with Gasteiger partial charge in [0.2, 0.25) is 15.9 Å². The predicted octanol–water partition coefficient (Wildman–Crippen LogP) is 3.70. The molecule has 28 heavy (non-hydrogen) atoms. The zero-order chi connectivity index (χ0) is 20.9. The smallest absolute Gasteiger partial charge is 0.241 e. The van der Waals surface area contributed by atoms with E-state index >= 15 is 0 Å². The number of rotatable bonds is 8. The van der Waals surface area contributed by atoms with Gasteiger partial charge in [0.25, 0.3) is 0 Å². The van der Waals surface area contributed by atoms with Gasteiger partial charge >= 0.3 is 0 Å². The Balaban J connectivity index is 2.19. The molecule has 0 saturated heterocycles. The highest BCUT2D eigenvalue weighted by molar-refractivity contribution is 7.89. The van der Waals surface area contributed by atoms with Gasteiger partial charge in [0.15, 0.2) is 0 Å². The molecular formula is C21H27FN2O3S. The van der Waals surface area contributed by atoms with Crippen molar-refractivity contribution in [1.82, 2.24) is 10.0 Å². The van der Waals surface area contributed by atoms with Crippen LogP contribution in [0.25, 0.3) is 0 Å². The fraction of sp³-hybridized carbons (Fsp3) is 0.381. The van der Waals surface area contributed by atoms with Gasteiger partial charge in [-0.3, -0.25) is 4.79 Å². The fourth-order valence-electron chi connectivity index (χ4n) is 2.87. The summed E-state index contributed by atoms with van der Waals surface area (Å²) in [5.74, 6) is -0.823. The molecule has 0 aromatic heterocycles. The van der Waals surface area contributed by atoms with Gasteiger partial charge in [0.1, 0.15) is 11.9 Å². The lowest BCUT2D eigenvalue weighted by molar-refractivity contribution is -0.123. The Morgan fingerprint density at radius 3 is 2.21 bits per heavy atom. The average molecular weight is 407 g/mol. The zero-order valence-electron chi connectivity index (χ0n) is 16.6. The van der Waals surface area contributed by atoms with Crippen LogP contribution in [0, 0.1) is 18.7 Å². The van der Waals surface area contributed by atoms with Crippen LogP contribution in [0.4, 0.5) is 4.39 Å². The van der Waals surface area contributed by atoms with Crippen molar-refractivity contribution in [3.63, 3.8) is 0 Å².